The molecule has 0 saturated carbocycles. The number of hydrogen-bond acceptors (Lipinski definition) is 5. The number of hydrogen-bond donors (Lipinski definition) is 0. The van der Waals surface area contributed by atoms with E-state index in [4.69, 9.17) is 16.3 Å². The Balaban J connectivity index is 2.27. The fraction of sp³-hybridized carbons (Fsp3) is 0.421. The van der Waals surface area contributed by atoms with Gasteiger partial charge in [-0.05, 0) is 37.5 Å². The molecular formula is C19H23ClN2O3S. The van der Waals surface area contributed by atoms with Gasteiger partial charge in [0.2, 0.25) is 5.91 Å². The molecule has 0 fully saturated rings. The number of esters is 1. The molecular weight excluding hydrogens is 372 g/mol. The minimum absolute atomic E-state index is 0.0893. The number of nitrogens with zero attached hydrogens (tertiary/aromatic N) is 2. The minimum atomic E-state index is -0.247. The first-order chi connectivity index (χ1) is 12.2. The topological polar surface area (TPSA) is 59.5 Å². The molecule has 0 aliphatic heterocycles. The quantitative estimate of drug-likeness (QED) is 0.633. The molecule has 5 nitrogen and oxygen atoms in total. The standard InChI is InChI=1S/C19H23ClN2O3S/c1-6-12(3)18(24)25-9-15-10-26-19(21-15)22(14(5)23)17-13(4)7-11(2)8-16(17)20/h7-8,10,12H,6,9H2,1-5H3. The van der Waals surface area contributed by atoms with E-state index in [0.29, 0.717) is 21.5 Å². The number of rotatable bonds is 6. The van der Waals surface area contributed by atoms with Crippen molar-refractivity contribution < 1.29 is 14.3 Å². The van der Waals surface area contributed by atoms with Gasteiger partial charge in [-0.3, -0.25) is 14.5 Å². The van der Waals surface area contributed by atoms with Crippen LogP contribution >= 0.6 is 22.9 Å². The smallest absolute Gasteiger partial charge is 0.309 e. The Morgan fingerprint density at radius 2 is 2.04 bits per heavy atom. The zero-order valence-corrected chi connectivity index (χ0v) is 17.2. The van der Waals surface area contributed by atoms with Gasteiger partial charge in [-0.25, -0.2) is 4.98 Å². The lowest BCUT2D eigenvalue weighted by molar-refractivity contribution is -0.149. The van der Waals surface area contributed by atoms with Crippen LogP contribution in [0.15, 0.2) is 17.5 Å². The van der Waals surface area contributed by atoms with Gasteiger partial charge in [-0.1, -0.05) is 31.5 Å². The van der Waals surface area contributed by atoms with Crippen molar-refractivity contribution in [3.8, 4) is 0 Å². The number of benzene rings is 1. The monoisotopic (exact) mass is 394 g/mol. The molecule has 2 rings (SSSR count). The average Bonchev–Trinajstić information content (AvgIpc) is 3.02. The number of amides is 1. The van der Waals surface area contributed by atoms with Gasteiger partial charge in [-0.15, -0.1) is 11.3 Å². The predicted octanol–water partition coefficient (Wildman–Crippen LogP) is 5.19. The van der Waals surface area contributed by atoms with E-state index in [1.807, 2.05) is 39.8 Å². The zero-order chi connectivity index (χ0) is 19.4. The van der Waals surface area contributed by atoms with Gasteiger partial charge >= 0.3 is 5.97 Å². The molecule has 1 heterocycles. The summed E-state index contributed by atoms with van der Waals surface area (Å²) < 4.78 is 5.28. The average molecular weight is 395 g/mol. The first kappa shape index (κ1) is 20.4. The van der Waals surface area contributed by atoms with Crippen LogP contribution in [0.4, 0.5) is 10.8 Å². The minimum Gasteiger partial charge on any atom is -0.459 e. The fourth-order valence-electron chi connectivity index (χ4n) is 2.50. The van der Waals surface area contributed by atoms with Crippen LogP contribution in [0.3, 0.4) is 0 Å². The Hall–Kier alpha value is -1.92. The summed E-state index contributed by atoms with van der Waals surface area (Å²) in [6.45, 7) is 9.19. The van der Waals surface area contributed by atoms with Crippen LogP contribution in [0.25, 0.3) is 0 Å². The highest BCUT2D eigenvalue weighted by Gasteiger charge is 2.23. The third kappa shape index (κ3) is 4.62. The molecule has 1 aromatic heterocycles. The molecule has 0 radical (unpaired) electrons. The molecule has 1 atom stereocenters. The largest absolute Gasteiger partial charge is 0.459 e. The Labute approximate surface area is 162 Å². The van der Waals surface area contributed by atoms with E-state index in [0.717, 1.165) is 17.5 Å². The highest BCUT2D eigenvalue weighted by atomic mass is 35.5. The lowest BCUT2D eigenvalue weighted by Gasteiger charge is -2.22. The van der Waals surface area contributed by atoms with Gasteiger partial charge in [0.1, 0.15) is 6.61 Å². The number of ether oxygens (including phenoxy) is 1. The maximum Gasteiger partial charge on any atom is 0.309 e. The van der Waals surface area contributed by atoms with E-state index in [2.05, 4.69) is 4.98 Å². The molecule has 7 heteroatoms. The molecule has 0 spiro atoms. The number of thiazole rings is 1. The van der Waals surface area contributed by atoms with E-state index in [1.54, 1.807) is 5.38 Å². The van der Waals surface area contributed by atoms with Crippen molar-refractivity contribution in [3.63, 3.8) is 0 Å². The van der Waals surface area contributed by atoms with Crippen molar-refractivity contribution in [2.24, 2.45) is 5.92 Å². The second kappa shape index (κ2) is 8.64. The second-order valence-corrected chi connectivity index (χ2v) is 7.55. The Morgan fingerprint density at radius 1 is 1.35 bits per heavy atom. The van der Waals surface area contributed by atoms with E-state index in [1.165, 1.54) is 23.2 Å². The van der Waals surface area contributed by atoms with Gasteiger partial charge in [0.15, 0.2) is 5.13 Å². The van der Waals surface area contributed by atoms with Gasteiger partial charge in [0.05, 0.1) is 22.3 Å². The first-order valence-electron chi connectivity index (χ1n) is 8.43. The second-order valence-electron chi connectivity index (χ2n) is 6.31. The molecule has 0 saturated heterocycles. The van der Waals surface area contributed by atoms with Crippen molar-refractivity contribution in [2.75, 3.05) is 4.90 Å². The van der Waals surface area contributed by atoms with Gasteiger partial charge < -0.3 is 4.74 Å². The fourth-order valence-corrected chi connectivity index (χ4v) is 3.76. The number of anilines is 2. The summed E-state index contributed by atoms with van der Waals surface area (Å²) in [5, 5.41) is 2.78. The summed E-state index contributed by atoms with van der Waals surface area (Å²) >= 11 is 7.71. The molecule has 26 heavy (non-hydrogen) atoms. The first-order valence-corrected chi connectivity index (χ1v) is 9.68. The molecule has 1 amide bonds. The summed E-state index contributed by atoms with van der Waals surface area (Å²) in [7, 11) is 0. The summed E-state index contributed by atoms with van der Waals surface area (Å²) in [6, 6.07) is 3.79. The molecule has 1 unspecified atom stereocenters. The molecule has 1 aromatic carbocycles. The zero-order valence-electron chi connectivity index (χ0n) is 15.6. The number of halogens is 1. The Kier molecular flexibility index (Phi) is 6.78. The molecule has 0 aliphatic carbocycles. The Bertz CT molecular complexity index is 796. The van der Waals surface area contributed by atoms with Crippen LogP contribution in [0.5, 0.6) is 0 Å². The van der Waals surface area contributed by atoms with Crippen molar-refractivity contribution in [1.82, 2.24) is 4.98 Å². The van der Waals surface area contributed by atoms with E-state index >= 15 is 0 Å². The molecule has 140 valence electrons. The summed E-state index contributed by atoms with van der Waals surface area (Å²) in [4.78, 5) is 30.1. The van der Waals surface area contributed by atoms with Crippen LogP contribution in [0, 0.1) is 19.8 Å². The maximum atomic E-state index is 12.3. The molecule has 2 aromatic rings. The van der Waals surface area contributed by atoms with E-state index < -0.39 is 0 Å². The van der Waals surface area contributed by atoms with Crippen molar-refractivity contribution in [2.45, 2.75) is 47.6 Å². The van der Waals surface area contributed by atoms with Gasteiger partial charge in [-0.2, -0.15) is 0 Å². The van der Waals surface area contributed by atoms with Gasteiger partial charge in [0, 0.05) is 12.3 Å². The lowest BCUT2D eigenvalue weighted by atomic mass is 10.1. The number of carbonyl (C=O) groups is 2. The predicted molar refractivity (Wildman–Crippen MR) is 105 cm³/mol. The van der Waals surface area contributed by atoms with Crippen LogP contribution in [-0.4, -0.2) is 16.9 Å². The van der Waals surface area contributed by atoms with Crippen molar-refractivity contribution in [1.29, 1.82) is 0 Å². The number of aromatic nitrogens is 1. The summed E-state index contributed by atoms with van der Waals surface area (Å²) in [5.74, 6) is -0.574. The number of aryl methyl sites for hydroxylation is 2. The Morgan fingerprint density at radius 3 is 2.62 bits per heavy atom. The van der Waals surface area contributed by atoms with Gasteiger partial charge in [0.25, 0.3) is 0 Å². The van der Waals surface area contributed by atoms with Crippen LogP contribution in [-0.2, 0) is 20.9 Å². The lowest BCUT2D eigenvalue weighted by Crippen LogP contribution is -2.24. The highest BCUT2D eigenvalue weighted by molar-refractivity contribution is 7.14. The number of carbonyl (C=O) groups excluding carboxylic acids is 2. The third-order valence-corrected chi connectivity index (χ3v) is 5.21. The SMILES string of the molecule is CCC(C)C(=O)OCc1csc(N(C(C)=O)c2c(C)cc(C)cc2Cl)n1. The van der Waals surface area contributed by atoms with Crippen LogP contribution in [0.1, 0.15) is 44.0 Å². The summed E-state index contributed by atoms with van der Waals surface area (Å²) in [6.07, 6.45) is 0.727. The third-order valence-electron chi connectivity index (χ3n) is 4.04. The van der Waals surface area contributed by atoms with Crippen molar-refractivity contribution >= 4 is 45.6 Å². The highest BCUT2D eigenvalue weighted by Crippen LogP contribution is 2.37. The van der Waals surface area contributed by atoms with Crippen molar-refractivity contribution in [3.05, 3.63) is 39.4 Å². The van der Waals surface area contributed by atoms with Crippen LogP contribution in [0.2, 0.25) is 5.02 Å². The maximum absolute atomic E-state index is 12.3. The molecule has 0 aliphatic rings. The molecule has 0 bridgehead atoms. The van der Waals surface area contributed by atoms with Crippen LogP contribution < -0.4 is 4.90 Å². The molecule has 0 N–H and O–H groups in total. The van der Waals surface area contributed by atoms with E-state index in [-0.39, 0.29) is 24.4 Å². The van der Waals surface area contributed by atoms with E-state index in [9.17, 15) is 9.59 Å². The summed E-state index contributed by atoms with van der Waals surface area (Å²) in [5.41, 5.74) is 3.15. The normalized spacial score (nSPS) is 11.9.